The minimum absolute atomic E-state index is 0.0587. The average molecular weight is 326 g/mol. The van der Waals surface area contributed by atoms with Gasteiger partial charge in [-0.2, -0.15) is 0 Å². The Kier molecular flexibility index (Phi) is 2.97. The molecule has 3 saturated carbocycles. The molecule has 24 heavy (non-hydrogen) atoms. The Labute approximate surface area is 138 Å². The van der Waals surface area contributed by atoms with E-state index in [4.69, 9.17) is 5.73 Å². The van der Waals surface area contributed by atoms with Crippen molar-refractivity contribution in [1.29, 1.82) is 0 Å². The summed E-state index contributed by atoms with van der Waals surface area (Å²) in [5.74, 6) is -0.268. The Morgan fingerprint density at radius 3 is 2.62 bits per heavy atom. The third kappa shape index (κ3) is 2.08. The number of anilines is 2. The van der Waals surface area contributed by atoms with E-state index < -0.39 is 11.4 Å². The Morgan fingerprint density at radius 2 is 1.96 bits per heavy atom. The molecule has 2 bridgehead atoms. The lowest BCUT2D eigenvalue weighted by Crippen LogP contribution is -2.67. The Bertz CT molecular complexity index is 817. The molecule has 7 heteroatoms. The lowest BCUT2D eigenvalue weighted by molar-refractivity contribution is -0.217. The van der Waals surface area contributed by atoms with E-state index in [2.05, 4.69) is 15.5 Å². The van der Waals surface area contributed by atoms with E-state index in [9.17, 15) is 15.0 Å². The van der Waals surface area contributed by atoms with E-state index in [0.717, 1.165) is 0 Å². The topological polar surface area (TPSA) is 121 Å². The van der Waals surface area contributed by atoms with Crippen molar-refractivity contribution in [1.82, 2.24) is 10.2 Å². The van der Waals surface area contributed by atoms with E-state index >= 15 is 0 Å². The molecule has 1 aromatic carbocycles. The number of rotatable bonds is 5. The first kappa shape index (κ1) is 14.7. The largest absolute Gasteiger partial charge is 0.507 e. The number of nitrogens with two attached hydrogens (primary N) is 1. The number of aromatic hydroxyl groups is 1. The Balaban J connectivity index is 1.50. The minimum atomic E-state index is -0.684. The molecule has 5 rings (SSSR count). The van der Waals surface area contributed by atoms with Crippen LogP contribution in [0, 0.1) is 10.8 Å². The van der Waals surface area contributed by atoms with Crippen LogP contribution in [0.15, 0.2) is 30.3 Å². The van der Waals surface area contributed by atoms with E-state index in [0.29, 0.717) is 42.8 Å². The summed E-state index contributed by atoms with van der Waals surface area (Å²) in [6.45, 7) is 0.665. The molecule has 124 valence electrons. The standard InChI is InChI=1S/C17H18N4O3/c18-14-12(19-9-16-6-17(7-16,8-16)15(23)24)5-11(20-21-14)10-3-1-2-4-13(10)22/h1-5,22H,6-9H2,(H2,18,21)(H,19,20)(H,23,24). The van der Waals surface area contributed by atoms with Crippen LogP contribution in [0.2, 0.25) is 0 Å². The predicted molar refractivity (Wildman–Crippen MR) is 88.4 cm³/mol. The van der Waals surface area contributed by atoms with Gasteiger partial charge < -0.3 is 21.3 Å². The number of hydrogen-bond acceptors (Lipinski definition) is 6. The van der Waals surface area contributed by atoms with E-state index in [-0.39, 0.29) is 17.0 Å². The summed E-state index contributed by atoms with van der Waals surface area (Å²) in [7, 11) is 0. The van der Waals surface area contributed by atoms with Gasteiger partial charge in [0.1, 0.15) is 5.75 Å². The Morgan fingerprint density at radius 1 is 1.25 bits per heavy atom. The molecule has 0 atom stereocenters. The zero-order valence-electron chi connectivity index (χ0n) is 13.0. The smallest absolute Gasteiger partial charge is 0.309 e. The van der Waals surface area contributed by atoms with Crippen LogP contribution in [0.3, 0.4) is 0 Å². The highest BCUT2D eigenvalue weighted by molar-refractivity contribution is 5.79. The highest BCUT2D eigenvalue weighted by atomic mass is 16.4. The molecule has 2 aromatic rings. The monoisotopic (exact) mass is 326 g/mol. The molecule has 0 unspecified atom stereocenters. The maximum absolute atomic E-state index is 11.2. The van der Waals surface area contributed by atoms with Gasteiger partial charge in [-0.05, 0) is 42.9 Å². The van der Waals surface area contributed by atoms with E-state index in [1.165, 1.54) is 0 Å². The van der Waals surface area contributed by atoms with E-state index in [1.807, 2.05) is 6.07 Å². The first-order valence-electron chi connectivity index (χ1n) is 7.82. The zero-order valence-corrected chi connectivity index (χ0v) is 13.0. The SMILES string of the molecule is Nc1nnc(-c2ccccc2O)cc1NCC12CC(C(=O)O)(C1)C2. The third-order valence-electron chi connectivity index (χ3n) is 5.25. The van der Waals surface area contributed by atoms with Gasteiger partial charge in [0.05, 0.1) is 16.8 Å². The van der Waals surface area contributed by atoms with Gasteiger partial charge in [-0.15, -0.1) is 10.2 Å². The number of para-hydroxylation sites is 1. The summed E-state index contributed by atoms with van der Waals surface area (Å²) >= 11 is 0. The number of hydrogen-bond donors (Lipinski definition) is 4. The fraction of sp³-hybridized carbons (Fsp3) is 0.353. The molecule has 0 radical (unpaired) electrons. The lowest BCUT2D eigenvalue weighted by atomic mass is 9.35. The summed E-state index contributed by atoms with van der Waals surface area (Å²) in [6, 6.07) is 8.66. The van der Waals surface area contributed by atoms with Crippen molar-refractivity contribution in [3.63, 3.8) is 0 Å². The minimum Gasteiger partial charge on any atom is -0.507 e. The van der Waals surface area contributed by atoms with Crippen LogP contribution in [0.4, 0.5) is 11.5 Å². The van der Waals surface area contributed by atoms with Crippen molar-refractivity contribution >= 4 is 17.5 Å². The fourth-order valence-corrected chi connectivity index (χ4v) is 4.06. The number of nitrogens with one attached hydrogen (secondary N) is 1. The molecule has 0 spiro atoms. The average Bonchev–Trinajstić information content (AvgIpc) is 2.46. The van der Waals surface area contributed by atoms with Gasteiger partial charge in [-0.1, -0.05) is 12.1 Å². The second kappa shape index (κ2) is 4.83. The van der Waals surface area contributed by atoms with Crippen LogP contribution in [0.1, 0.15) is 19.3 Å². The number of aliphatic carboxylic acids is 1. The molecule has 1 aromatic heterocycles. The van der Waals surface area contributed by atoms with Gasteiger partial charge in [0.25, 0.3) is 0 Å². The molecular weight excluding hydrogens is 308 g/mol. The third-order valence-corrected chi connectivity index (χ3v) is 5.25. The molecule has 0 saturated heterocycles. The first-order chi connectivity index (χ1) is 11.4. The molecule has 3 aliphatic carbocycles. The number of phenolic OH excluding ortho intramolecular Hbond substituents is 1. The maximum Gasteiger partial charge on any atom is 0.309 e. The molecule has 3 aliphatic rings. The predicted octanol–water partition coefficient (Wildman–Crippen LogP) is 2.10. The van der Waals surface area contributed by atoms with E-state index in [1.54, 1.807) is 24.3 Å². The van der Waals surface area contributed by atoms with Crippen LogP contribution >= 0.6 is 0 Å². The van der Waals surface area contributed by atoms with Crippen LogP contribution in [-0.2, 0) is 4.79 Å². The summed E-state index contributed by atoms with van der Waals surface area (Å²) in [4.78, 5) is 11.2. The lowest BCUT2D eigenvalue weighted by Gasteiger charge is -2.68. The number of nitrogen functional groups attached to an aromatic ring is 1. The zero-order chi connectivity index (χ0) is 16.9. The second-order valence-electron chi connectivity index (χ2n) is 7.02. The van der Waals surface area contributed by atoms with Crippen LogP contribution in [0.25, 0.3) is 11.3 Å². The number of nitrogens with zero attached hydrogens (tertiary/aromatic N) is 2. The number of benzene rings is 1. The van der Waals surface area contributed by atoms with Crippen molar-refractivity contribution < 1.29 is 15.0 Å². The van der Waals surface area contributed by atoms with Crippen molar-refractivity contribution in [2.45, 2.75) is 19.3 Å². The van der Waals surface area contributed by atoms with Crippen LogP contribution in [-0.4, -0.2) is 32.9 Å². The van der Waals surface area contributed by atoms with Crippen molar-refractivity contribution in [2.75, 3.05) is 17.6 Å². The van der Waals surface area contributed by atoms with Crippen LogP contribution < -0.4 is 11.1 Å². The van der Waals surface area contributed by atoms with Crippen molar-refractivity contribution in [3.8, 4) is 17.0 Å². The van der Waals surface area contributed by atoms with Gasteiger partial charge in [0.2, 0.25) is 0 Å². The quantitative estimate of drug-likeness (QED) is 0.663. The molecule has 5 N–H and O–H groups in total. The molecule has 0 amide bonds. The highest BCUT2D eigenvalue weighted by Crippen LogP contribution is 2.73. The molecule has 0 aliphatic heterocycles. The van der Waals surface area contributed by atoms with Gasteiger partial charge in [0.15, 0.2) is 5.82 Å². The summed E-state index contributed by atoms with van der Waals surface area (Å²) in [5, 5.41) is 30.4. The number of phenols is 1. The van der Waals surface area contributed by atoms with Gasteiger partial charge in [-0.25, -0.2) is 0 Å². The molecule has 1 heterocycles. The van der Waals surface area contributed by atoms with Gasteiger partial charge in [-0.3, -0.25) is 4.79 Å². The number of carboxylic acid groups (broad SMARTS) is 1. The van der Waals surface area contributed by atoms with Gasteiger partial charge in [0, 0.05) is 12.1 Å². The Hall–Kier alpha value is -2.83. The van der Waals surface area contributed by atoms with Crippen LogP contribution in [0.5, 0.6) is 5.75 Å². The van der Waals surface area contributed by atoms with Crippen molar-refractivity contribution in [3.05, 3.63) is 30.3 Å². The molecule has 7 nitrogen and oxygen atoms in total. The summed E-state index contributed by atoms with van der Waals surface area (Å²) in [5.41, 5.74) is 7.23. The normalized spacial score (nSPS) is 27.0. The van der Waals surface area contributed by atoms with Gasteiger partial charge >= 0.3 is 5.97 Å². The second-order valence-corrected chi connectivity index (χ2v) is 7.02. The fourth-order valence-electron chi connectivity index (χ4n) is 4.06. The number of aromatic nitrogens is 2. The molecular formula is C17H18N4O3. The van der Waals surface area contributed by atoms with Crippen molar-refractivity contribution in [2.24, 2.45) is 10.8 Å². The summed E-state index contributed by atoms with van der Waals surface area (Å²) < 4.78 is 0. The maximum atomic E-state index is 11.2. The number of carboxylic acids is 1. The number of carbonyl (C=O) groups is 1. The first-order valence-corrected chi connectivity index (χ1v) is 7.82. The highest BCUT2D eigenvalue weighted by Gasteiger charge is 2.71. The molecule has 3 fully saturated rings. The summed E-state index contributed by atoms with van der Waals surface area (Å²) in [6.07, 6.45) is 2.15.